The highest BCUT2D eigenvalue weighted by atomic mass is 32.1. The number of rotatable bonds is 5. The Balaban J connectivity index is 2.05. The molecule has 2 rings (SSSR count). The van der Waals surface area contributed by atoms with E-state index in [1.807, 2.05) is 27.7 Å². The van der Waals surface area contributed by atoms with Crippen LogP contribution in [-0.4, -0.2) is 39.8 Å². The molecule has 1 aliphatic rings. The van der Waals surface area contributed by atoms with E-state index in [0.29, 0.717) is 18.0 Å². The predicted octanol–water partition coefficient (Wildman–Crippen LogP) is 1.81. The van der Waals surface area contributed by atoms with E-state index in [1.54, 1.807) is 0 Å². The number of anilines is 1. The van der Waals surface area contributed by atoms with Gasteiger partial charge in [-0.15, -0.1) is 11.3 Å². The number of carbonyl (C=O) groups is 3. The minimum absolute atomic E-state index is 0.301. The predicted molar refractivity (Wildman–Crippen MR) is 83.8 cm³/mol. The second-order valence-corrected chi connectivity index (χ2v) is 6.52. The maximum atomic E-state index is 12.4. The van der Waals surface area contributed by atoms with Crippen LogP contribution in [-0.2, 0) is 9.59 Å². The number of imide groups is 1. The molecule has 7 nitrogen and oxygen atoms in total. The molecule has 2 heterocycles. The highest BCUT2D eigenvalue weighted by molar-refractivity contribution is 7.15. The van der Waals surface area contributed by atoms with Crippen molar-refractivity contribution in [1.29, 1.82) is 0 Å². The summed E-state index contributed by atoms with van der Waals surface area (Å²) in [6, 6.07) is -0.518. The molecule has 4 amide bonds. The van der Waals surface area contributed by atoms with Gasteiger partial charge in [0.2, 0.25) is 5.91 Å². The normalized spacial score (nSPS) is 16.8. The standard InChI is InChI=1S/C14H20N4O3S/c1-5-14(6-2)11(20)18(13(21)17-14)7-10(19)16-12-15-8(3)9(4)22-12/h5-7H2,1-4H3,(H,17,21)(H,15,16,19). The topological polar surface area (TPSA) is 91.4 Å². The molecule has 0 radical (unpaired) electrons. The van der Waals surface area contributed by atoms with Crippen LogP contribution in [0.15, 0.2) is 0 Å². The fourth-order valence-corrected chi connectivity index (χ4v) is 3.21. The van der Waals surface area contributed by atoms with Gasteiger partial charge in [-0.3, -0.25) is 14.5 Å². The Hall–Kier alpha value is -1.96. The minimum Gasteiger partial charge on any atom is -0.323 e. The Morgan fingerprint density at radius 1 is 1.32 bits per heavy atom. The molecule has 1 aromatic heterocycles. The number of hydrogen-bond acceptors (Lipinski definition) is 5. The van der Waals surface area contributed by atoms with Gasteiger partial charge in [0.05, 0.1) is 5.69 Å². The van der Waals surface area contributed by atoms with Crippen LogP contribution in [0.3, 0.4) is 0 Å². The van der Waals surface area contributed by atoms with Gasteiger partial charge in [0.15, 0.2) is 5.13 Å². The Morgan fingerprint density at radius 3 is 2.41 bits per heavy atom. The number of nitrogens with zero attached hydrogens (tertiary/aromatic N) is 2. The lowest BCUT2D eigenvalue weighted by atomic mass is 9.93. The fourth-order valence-electron chi connectivity index (χ4n) is 2.38. The van der Waals surface area contributed by atoms with Gasteiger partial charge in [0, 0.05) is 4.88 Å². The number of aryl methyl sites for hydroxylation is 2. The summed E-state index contributed by atoms with van der Waals surface area (Å²) < 4.78 is 0. The number of hydrogen-bond donors (Lipinski definition) is 2. The Labute approximate surface area is 133 Å². The molecule has 0 aliphatic carbocycles. The van der Waals surface area contributed by atoms with Crippen molar-refractivity contribution in [2.24, 2.45) is 0 Å². The summed E-state index contributed by atoms with van der Waals surface area (Å²) in [5, 5.41) is 5.80. The Bertz CT molecular complexity index is 602. The van der Waals surface area contributed by atoms with Crippen molar-refractivity contribution in [3.05, 3.63) is 10.6 Å². The molecule has 1 aliphatic heterocycles. The lowest BCUT2D eigenvalue weighted by Gasteiger charge is -2.22. The van der Waals surface area contributed by atoms with Crippen LogP contribution >= 0.6 is 11.3 Å². The second kappa shape index (κ2) is 6.04. The van der Waals surface area contributed by atoms with Crippen molar-refractivity contribution in [2.75, 3.05) is 11.9 Å². The smallest absolute Gasteiger partial charge is 0.323 e. The maximum Gasteiger partial charge on any atom is 0.325 e. The van der Waals surface area contributed by atoms with Gasteiger partial charge in [0.1, 0.15) is 12.1 Å². The first-order valence-electron chi connectivity index (χ1n) is 7.21. The third-order valence-electron chi connectivity index (χ3n) is 4.03. The molecule has 1 fully saturated rings. The molecule has 22 heavy (non-hydrogen) atoms. The summed E-state index contributed by atoms with van der Waals surface area (Å²) >= 11 is 1.36. The quantitative estimate of drug-likeness (QED) is 0.808. The van der Waals surface area contributed by atoms with Crippen LogP contribution in [0.5, 0.6) is 0 Å². The summed E-state index contributed by atoms with van der Waals surface area (Å²) in [5.74, 6) is -0.774. The van der Waals surface area contributed by atoms with Gasteiger partial charge in [-0.25, -0.2) is 9.78 Å². The minimum atomic E-state index is -0.883. The molecule has 0 aromatic carbocycles. The monoisotopic (exact) mass is 324 g/mol. The molecule has 1 saturated heterocycles. The van der Waals surface area contributed by atoms with Crippen LogP contribution < -0.4 is 10.6 Å². The number of urea groups is 1. The Morgan fingerprint density at radius 2 is 1.95 bits per heavy atom. The third kappa shape index (κ3) is 2.83. The van der Waals surface area contributed by atoms with Crippen molar-refractivity contribution in [1.82, 2.24) is 15.2 Å². The van der Waals surface area contributed by atoms with Crippen LogP contribution in [0.4, 0.5) is 9.93 Å². The fraction of sp³-hybridized carbons (Fsp3) is 0.571. The van der Waals surface area contributed by atoms with E-state index in [1.165, 1.54) is 11.3 Å². The number of aromatic nitrogens is 1. The molecule has 120 valence electrons. The van der Waals surface area contributed by atoms with E-state index in [2.05, 4.69) is 15.6 Å². The number of nitrogens with one attached hydrogen (secondary N) is 2. The summed E-state index contributed by atoms with van der Waals surface area (Å²) in [6.07, 6.45) is 0.994. The molecule has 0 unspecified atom stereocenters. The van der Waals surface area contributed by atoms with E-state index in [4.69, 9.17) is 0 Å². The van der Waals surface area contributed by atoms with Crippen LogP contribution in [0.1, 0.15) is 37.3 Å². The molecule has 0 spiro atoms. The van der Waals surface area contributed by atoms with Gasteiger partial charge in [-0.2, -0.15) is 0 Å². The van der Waals surface area contributed by atoms with Gasteiger partial charge < -0.3 is 10.6 Å². The molecule has 0 bridgehead atoms. The summed E-state index contributed by atoms with van der Waals surface area (Å²) in [7, 11) is 0. The zero-order valence-corrected chi connectivity index (χ0v) is 14.0. The average molecular weight is 324 g/mol. The zero-order valence-electron chi connectivity index (χ0n) is 13.1. The average Bonchev–Trinajstić information content (AvgIpc) is 2.90. The zero-order chi connectivity index (χ0) is 16.5. The number of thiazole rings is 1. The van der Waals surface area contributed by atoms with Crippen LogP contribution in [0.2, 0.25) is 0 Å². The second-order valence-electron chi connectivity index (χ2n) is 5.32. The van der Waals surface area contributed by atoms with Gasteiger partial charge in [-0.05, 0) is 26.7 Å². The van der Waals surface area contributed by atoms with Crippen molar-refractivity contribution >= 4 is 34.3 Å². The largest absolute Gasteiger partial charge is 0.325 e. The van der Waals surface area contributed by atoms with Crippen molar-refractivity contribution < 1.29 is 14.4 Å². The third-order valence-corrected chi connectivity index (χ3v) is 5.02. The van der Waals surface area contributed by atoms with E-state index in [-0.39, 0.29) is 12.5 Å². The first kappa shape index (κ1) is 16.4. The van der Waals surface area contributed by atoms with E-state index >= 15 is 0 Å². The van der Waals surface area contributed by atoms with E-state index in [0.717, 1.165) is 15.5 Å². The van der Waals surface area contributed by atoms with Crippen molar-refractivity contribution in [3.63, 3.8) is 0 Å². The van der Waals surface area contributed by atoms with Gasteiger partial charge >= 0.3 is 6.03 Å². The molecule has 0 saturated carbocycles. The van der Waals surface area contributed by atoms with E-state index in [9.17, 15) is 14.4 Å². The van der Waals surface area contributed by atoms with E-state index < -0.39 is 17.5 Å². The lowest BCUT2D eigenvalue weighted by molar-refractivity contribution is -0.134. The number of amides is 4. The molecule has 0 atom stereocenters. The number of carbonyl (C=O) groups excluding carboxylic acids is 3. The highest BCUT2D eigenvalue weighted by Gasteiger charge is 2.49. The summed E-state index contributed by atoms with van der Waals surface area (Å²) in [5.41, 5.74) is -0.0302. The van der Waals surface area contributed by atoms with Crippen molar-refractivity contribution in [2.45, 2.75) is 46.1 Å². The maximum absolute atomic E-state index is 12.4. The van der Waals surface area contributed by atoms with Crippen LogP contribution in [0, 0.1) is 13.8 Å². The molecule has 1 aromatic rings. The SMILES string of the molecule is CCC1(CC)NC(=O)N(CC(=O)Nc2nc(C)c(C)s2)C1=O. The molecule has 8 heteroatoms. The lowest BCUT2D eigenvalue weighted by Crippen LogP contribution is -2.46. The van der Waals surface area contributed by atoms with Crippen molar-refractivity contribution in [3.8, 4) is 0 Å². The Kier molecular flexibility index (Phi) is 4.50. The highest BCUT2D eigenvalue weighted by Crippen LogP contribution is 2.25. The molecular formula is C14H20N4O3S. The first-order chi connectivity index (χ1) is 10.3. The summed E-state index contributed by atoms with van der Waals surface area (Å²) in [4.78, 5) is 42.6. The van der Waals surface area contributed by atoms with Gasteiger partial charge in [-0.1, -0.05) is 13.8 Å². The van der Waals surface area contributed by atoms with Crippen LogP contribution in [0.25, 0.3) is 0 Å². The molecule has 2 N–H and O–H groups in total. The molecular weight excluding hydrogens is 304 g/mol. The summed E-state index contributed by atoms with van der Waals surface area (Å²) in [6.45, 7) is 7.15. The first-order valence-corrected chi connectivity index (χ1v) is 8.02. The van der Waals surface area contributed by atoms with Gasteiger partial charge in [0.25, 0.3) is 5.91 Å².